The zero-order valence-corrected chi connectivity index (χ0v) is 34.1. The van der Waals surface area contributed by atoms with Crippen LogP contribution in [0.5, 0.6) is 0 Å². The first-order valence-electron chi connectivity index (χ1n) is 21.3. The molecule has 11 aromatic rings. The van der Waals surface area contributed by atoms with Gasteiger partial charge in [-0.2, -0.15) is 0 Å². The smallest absolute Gasteiger partial charge is 0.0562 e. The van der Waals surface area contributed by atoms with E-state index in [1.54, 1.807) is 0 Å². The van der Waals surface area contributed by atoms with E-state index in [0.29, 0.717) is 0 Å². The second-order valence-electron chi connectivity index (χ2n) is 15.7. The van der Waals surface area contributed by atoms with Crippen LogP contribution in [-0.2, 0) is 0 Å². The zero-order valence-electron chi connectivity index (χ0n) is 34.1. The van der Waals surface area contributed by atoms with Crippen molar-refractivity contribution >= 4 is 38.9 Å². The number of hydrogen-bond donors (Lipinski definition) is 0. The fourth-order valence-corrected chi connectivity index (χ4v) is 9.10. The van der Waals surface area contributed by atoms with Gasteiger partial charge in [-0.05, 0) is 93.0 Å². The van der Waals surface area contributed by atoms with Crippen molar-refractivity contribution in [1.29, 1.82) is 0 Å². The summed E-state index contributed by atoms with van der Waals surface area (Å²) in [7, 11) is 0. The summed E-state index contributed by atoms with van der Waals surface area (Å²) in [5.41, 5.74) is 18.5. The number of nitrogens with zero attached hydrogens (tertiary/aromatic N) is 2. The Labute approximate surface area is 362 Å². The third kappa shape index (κ3) is 6.74. The van der Waals surface area contributed by atoms with Crippen LogP contribution in [0.15, 0.2) is 255 Å². The summed E-state index contributed by atoms with van der Waals surface area (Å²) < 4.78 is 2.48. The number of benzene rings is 10. The molecule has 0 saturated heterocycles. The van der Waals surface area contributed by atoms with Gasteiger partial charge in [-0.15, -0.1) is 0 Å². The summed E-state index contributed by atoms with van der Waals surface area (Å²) in [6.07, 6.45) is 0. The average Bonchev–Trinajstić information content (AvgIpc) is 3.69. The van der Waals surface area contributed by atoms with Gasteiger partial charge in [-0.3, -0.25) is 0 Å². The van der Waals surface area contributed by atoms with Gasteiger partial charge in [-0.25, -0.2) is 0 Å². The lowest BCUT2D eigenvalue weighted by atomic mass is 9.91. The summed E-state index contributed by atoms with van der Waals surface area (Å²) in [5.74, 6) is 0. The first-order valence-corrected chi connectivity index (χ1v) is 21.3. The molecule has 0 aliphatic rings. The molecule has 0 spiro atoms. The van der Waals surface area contributed by atoms with Gasteiger partial charge in [0.1, 0.15) is 0 Å². The fourth-order valence-electron chi connectivity index (χ4n) is 9.10. The molecule has 0 bridgehead atoms. The van der Waals surface area contributed by atoms with Gasteiger partial charge in [0, 0.05) is 33.3 Å². The third-order valence-corrected chi connectivity index (χ3v) is 12.0. The van der Waals surface area contributed by atoms with Gasteiger partial charge in [0.05, 0.1) is 22.4 Å². The second-order valence-corrected chi connectivity index (χ2v) is 15.7. The predicted molar refractivity (Wildman–Crippen MR) is 263 cm³/mol. The average molecular weight is 791 g/mol. The summed E-state index contributed by atoms with van der Waals surface area (Å²) in [4.78, 5) is 2.43. The maximum atomic E-state index is 2.48. The van der Waals surface area contributed by atoms with Crippen molar-refractivity contribution in [3.63, 3.8) is 0 Å². The molecule has 0 aliphatic heterocycles. The Kier molecular flexibility index (Phi) is 9.57. The van der Waals surface area contributed by atoms with Crippen LogP contribution in [0.2, 0.25) is 0 Å². The molecule has 0 atom stereocenters. The minimum absolute atomic E-state index is 1.07. The van der Waals surface area contributed by atoms with Gasteiger partial charge >= 0.3 is 0 Å². The van der Waals surface area contributed by atoms with Gasteiger partial charge in [0.15, 0.2) is 0 Å². The highest BCUT2D eigenvalue weighted by molar-refractivity contribution is 6.11. The minimum Gasteiger partial charge on any atom is -0.310 e. The molecule has 2 heteroatoms. The lowest BCUT2D eigenvalue weighted by Crippen LogP contribution is -2.11. The molecule has 0 amide bonds. The van der Waals surface area contributed by atoms with Gasteiger partial charge in [0.2, 0.25) is 0 Å². The maximum Gasteiger partial charge on any atom is 0.0562 e. The molecule has 1 heterocycles. The van der Waals surface area contributed by atoms with Crippen molar-refractivity contribution in [2.75, 3.05) is 4.90 Å². The number of para-hydroxylation sites is 2. The van der Waals surface area contributed by atoms with Crippen LogP contribution in [0.1, 0.15) is 0 Å². The number of fused-ring (bicyclic) bond motifs is 3. The normalized spacial score (nSPS) is 11.2. The van der Waals surface area contributed by atoms with E-state index in [-0.39, 0.29) is 0 Å². The molecule has 0 radical (unpaired) electrons. The summed E-state index contributed by atoms with van der Waals surface area (Å²) >= 11 is 0. The van der Waals surface area contributed by atoms with Gasteiger partial charge < -0.3 is 9.47 Å². The lowest BCUT2D eigenvalue weighted by Gasteiger charge is -2.29. The number of anilines is 3. The molecule has 1 aromatic heterocycles. The molecule has 62 heavy (non-hydrogen) atoms. The Bertz CT molecular complexity index is 3320. The highest BCUT2D eigenvalue weighted by atomic mass is 15.1. The van der Waals surface area contributed by atoms with Crippen molar-refractivity contribution in [2.45, 2.75) is 0 Å². The first kappa shape index (κ1) is 36.8. The van der Waals surface area contributed by atoms with E-state index in [0.717, 1.165) is 39.4 Å². The largest absolute Gasteiger partial charge is 0.310 e. The van der Waals surface area contributed by atoms with Crippen LogP contribution in [0, 0.1) is 0 Å². The van der Waals surface area contributed by atoms with Gasteiger partial charge in [-0.1, -0.05) is 206 Å². The Hall–Kier alpha value is -8.20. The quantitative estimate of drug-likeness (QED) is 0.141. The molecule has 0 aliphatic carbocycles. The molecular formula is C60H42N2. The minimum atomic E-state index is 1.07. The summed E-state index contributed by atoms with van der Waals surface area (Å²) in [5, 5.41) is 2.42. The van der Waals surface area contributed by atoms with Crippen LogP contribution in [-0.4, -0.2) is 4.57 Å². The number of rotatable bonds is 9. The Morgan fingerprint density at radius 3 is 1.42 bits per heavy atom. The summed E-state index contributed by atoms with van der Waals surface area (Å²) in [6.45, 7) is 0. The van der Waals surface area contributed by atoms with Crippen molar-refractivity contribution in [3.05, 3.63) is 255 Å². The van der Waals surface area contributed by atoms with Crippen LogP contribution < -0.4 is 4.90 Å². The fraction of sp³-hybridized carbons (Fsp3) is 0. The van der Waals surface area contributed by atoms with E-state index in [1.807, 2.05) is 0 Å². The molecule has 292 valence electrons. The highest BCUT2D eigenvalue weighted by Crippen LogP contribution is 2.46. The van der Waals surface area contributed by atoms with Crippen molar-refractivity contribution in [3.8, 4) is 61.3 Å². The van der Waals surface area contributed by atoms with Crippen molar-refractivity contribution < 1.29 is 0 Å². The molecule has 2 nitrogen and oxygen atoms in total. The van der Waals surface area contributed by atoms with Crippen LogP contribution in [0.4, 0.5) is 17.1 Å². The van der Waals surface area contributed by atoms with Crippen molar-refractivity contribution in [2.24, 2.45) is 0 Å². The predicted octanol–water partition coefficient (Wildman–Crippen LogP) is 16.6. The van der Waals surface area contributed by atoms with Crippen LogP contribution >= 0.6 is 0 Å². The molecular weight excluding hydrogens is 749 g/mol. The van der Waals surface area contributed by atoms with Gasteiger partial charge in [0.25, 0.3) is 0 Å². The monoisotopic (exact) mass is 790 g/mol. The topological polar surface area (TPSA) is 8.17 Å². The second kappa shape index (κ2) is 16.1. The SMILES string of the molecule is c1ccc(-c2ccc(-c3ccccc3)c(-n3c4ccccc4c4ccc(N(c5ccccc5)c5ccc(-c6ccccc6-c6ccccc6)cc5-c5ccccc5)cc43)c2)cc1. The van der Waals surface area contributed by atoms with E-state index in [9.17, 15) is 0 Å². The maximum absolute atomic E-state index is 2.48. The number of aromatic nitrogens is 1. The molecule has 0 saturated carbocycles. The molecule has 0 N–H and O–H groups in total. The Balaban J connectivity index is 1.16. The molecule has 0 unspecified atom stereocenters. The van der Waals surface area contributed by atoms with E-state index >= 15 is 0 Å². The third-order valence-electron chi connectivity index (χ3n) is 12.0. The van der Waals surface area contributed by atoms with Crippen LogP contribution in [0.3, 0.4) is 0 Å². The zero-order chi connectivity index (χ0) is 41.2. The Morgan fingerprint density at radius 2 is 0.758 bits per heavy atom. The van der Waals surface area contributed by atoms with Crippen molar-refractivity contribution in [1.82, 2.24) is 4.57 Å². The number of hydrogen-bond acceptors (Lipinski definition) is 1. The standard InChI is InChI=1S/C60H42N2/c1-6-20-43(21-7-1)47-34-37-53(45-24-10-3-11-25-45)59(41-47)62-57-33-19-18-32-54(57)55-38-36-50(42-60(55)62)61(49-28-14-5-15-29-49)58-39-35-48(40-56(58)46-26-12-4-13-27-46)52-31-17-16-30-51(52)44-22-8-2-9-23-44/h1-42H. The highest BCUT2D eigenvalue weighted by Gasteiger charge is 2.22. The van der Waals surface area contributed by atoms with E-state index in [2.05, 4.69) is 264 Å². The first-order chi connectivity index (χ1) is 30.8. The molecule has 11 rings (SSSR count). The lowest BCUT2D eigenvalue weighted by molar-refractivity contribution is 1.18. The van der Waals surface area contributed by atoms with Crippen LogP contribution in [0.25, 0.3) is 83.1 Å². The van der Waals surface area contributed by atoms with E-state index < -0.39 is 0 Å². The molecule has 10 aromatic carbocycles. The Morgan fingerprint density at radius 1 is 0.258 bits per heavy atom. The van der Waals surface area contributed by atoms with E-state index in [1.165, 1.54) is 60.8 Å². The summed E-state index contributed by atoms with van der Waals surface area (Å²) in [6, 6.07) is 92.2. The van der Waals surface area contributed by atoms with E-state index in [4.69, 9.17) is 0 Å². The molecule has 0 fully saturated rings.